The van der Waals surface area contributed by atoms with E-state index in [1.54, 1.807) is 36.8 Å². The molecule has 2 atom stereocenters. The van der Waals surface area contributed by atoms with Gasteiger partial charge in [-0.3, -0.25) is 9.36 Å². The Hall–Kier alpha value is -3.33. The number of allylic oxidation sites excluding steroid dienone is 1. The molecule has 2 N–H and O–H groups in total. The number of sulfone groups is 1. The molecule has 35 heavy (non-hydrogen) atoms. The Morgan fingerprint density at radius 2 is 1.97 bits per heavy atom. The first-order chi connectivity index (χ1) is 16.7. The summed E-state index contributed by atoms with van der Waals surface area (Å²) >= 11 is 0. The molecule has 0 spiro atoms. The lowest BCUT2D eigenvalue weighted by molar-refractivity contribution is 0.0739. The first-order valence-corrected chi connectivity index (χ1v) is 13.7. The van der Waals surface area contributed by atoms with Crippen LogP contribution in [0, 0.1) is 0 Å². The number of hydrogen-bond acceptors (Lipinski definition) is 7. The van der Waals surface area contributed by atoms with Crippen molar-refractivity contribution in [1.82, 2.24) is 9.47 Å². The number of hydrogen-bond donors (Lipinski definition) is 1. The Balaban J connectivity index is 1.66. The average Bonchev–Trinajstić information content (AvgIpc) is 2.84. The molecule has 188 valence electrons. The third kappa shape index (κ3) is 6.63. The number of piperidine rings is 1. The minimum atomic E-state index is -3.29. The largest absolute Gasteiger partial charge is 0.490 e. The van der Waals surface area contributed by atoms with Crippen LogP contribution in [0.5, 0.6) is 5.75 Å². The van der Waals surface area contributed by atoms with Crippen LogP contribution in [-0.2, 0) is 9.84 Å². The molecular weight excluding hydrogens is 464 g/mol. The molecule has 1 fully saturated rings. The molecule has 3 rings (SSSR count). The molecule has 2 aromatic rings. The van der Waals surface area contributed by atoms with Gasteiger partial charge in [0.05, 0.1) is 4.90 Å². The number of nitrogens with zero attached hydrogens (tertiary/aromatic N) is 3. The van der Waals surface area contributed by atoms with Gasteiger partial charge in [0.2, 0.25) is 0 Å². The van der Waals surface area contributed by atoms with Crippen LogP contribution in [-0.4, -0.2) is 49.0 Å². The van der Waals surface area contributed by atoms with E-state index in [9.17, 15) is 13.2 Å². The molecule has 1 aliphatic rings. The standard InChI is InChI=1S/C26H34N4O4S/c1-5-20(17-27)18-28-19(3)29-13-11-23(15-21(29)6-2)34-24-12-14-30(26(31)16-24)22-7-9-25(10-8-22)35(4,32)33/h7-10,12,14,16-18,21,23H,3,5-6,11,13,15,27H2,1-2,4H3/b20-17-,28-18?/t21-,23-/m1/s1. The summed E-state index contributed by atoms with van der Waals surface area (Å²) in [5.41, 5.74) is 6.90. The Bertz CT molecular complexity index is 1260. The SMILES string of the molecule is C=C(N=C/C(=C\N)CC)N1CC[C@@H](Oc2ccn(-c3ccc(S(C)(=O)=O)cc3)c(=O)c2)C[C@H]1CC. The lowest BCUT2D eigenvalue weighted by atomic mass is 9.97. The van der Waals surface area contributed by atoms with Gasteiger partial charge in [-0.2, -0.15) is 0 Å². The summed E-state index contributed by atoms with van der Waals surface area (Å²) in [6, 6.07) is 9.67. The van der Waals surface area contributed by atoms with Crippen molar-refractivity contribution in [2.24, 2.45) is 10.7 Å². The smallest absolute Gasteiger partial charge is 0.258 e. The molecule has 1 saturated heterocycles. The number of aliphatic imine (C=N–C) groups is 1. The number of aromatic nitrogens is 1. The van der Waals surface area contributed by atoms with Gasteiger partial charge in [-0.1, -0.05) is 20.4 Å². The van der Waals surface area contributed by atoms with Crippen molar-refractivity contribution in [2.45, 2.75) is 56.6 Å². The second kappa shape index (κ2) is 11.4. The molecule has 0 bridgehead atoms. The van der Waals surface area contributed by atoms with Crippen molar-refractivity contribution < 1.29 is 13.2 Å². The molecule has 0 aliphatic carbocycles. The highest BCUT2D eigenvalue weighted by molar-refractivity contribution is 7.90. The zero-order valence-electron chi connectivity index (χ0n) is 20.6. The maximum absolute atomic E-state index is 12.7. The maximum Gasteiger partial charge on any atom is 0.258 e. The van der Waals surface area contributed by atoms with E-state index in [1.807, 2.05) is 6.92 Å². The number of benzene rings is 1. The van der Waals surface area contributed by atoms with Crippen LogP contribution in [0.15, 0.2) is 81.5 Å². The van der Waals surface area contributed by atoms with Gasteiger partial charge in [-0.15, -0.1) is 0 Å². The van der Waals surface area contributed by atoms with Gasteiger partial charge in [-0.05, 0) is 54.9 Å². The van der Waals surface area contributed by atoms with Crippen molar-refractivity contribution >= 4 is 16.1 Å². The highest BCUT2D eigenvalue weighted by Crippen LogP contribution is 2.27. The first-order valence-electron chi connectivity index (χ1n) is 11.8. The zero-order chi connectivity index (χ0) is 25.6. The summed E-state index contributed by atoms with van der Waals surface area (Å²) in [6.45, 7) is 9.05. The zero-order valence-corrected chi connectivity index (χ0v) is 21.4. The van der Waals surface area contributed by atoms with Crippen molar-refractivity contribution in [3.63, 3.8) is 0 Å². The maximum atomic E-state index is 12.7. The quantitative estimate of drug-likeness (QED) is 0.529. The summed E-state index contributed by atoms with van der Waals surface area (Å²) in [5.74, 6) is 1.23. The fourth-order valence-corrected chi connectivity index (χ4v) is 4.76. The van der Waals surface area contributed by atoms with Gasteiger partial charge < -0.3 is 15.4 Å². The molecule has 1 aromatic heterocycles. The van der Waals surface area contributed by atoms with Gasteiger partial charge in [0, 0.05) is 55.8 Å². The van der Waals surface area contributed by atoms with Gasteiger partial charge in [-0.25, -0.2) is 13.4 Å². The van der Waals surface area contributed by atoms with E-state index in [2.05, 4.69) is 23.4 Å². The fourth-order valence-electron chi connectivity index (χ4n) is 4.13. The Morgan fingerprint density at radius 3 is 2.54 bits per heavy atom. The van der Waals surface area contributed by atoms with Crippen LogP contribution in [0.25, 0.3) is 5.69 Å². The van der Waals surface area contributed by atoms with Crippen molar-refractivity contribution in [2.75, 3.05) is 12.8 Å². The summed E-state index contributed by atoms with van der Waals surface area (Å²) in [4.78, 5) is 19.6. The summed E-state index contributed by atoms with van der Waals surface area (Å²) in [5, 5.41) is 0. The normalized spacial score (nSPS) is 19.2. The Kier molecular flexibility index (Phi) is 8.56. The highest BCUT2D eigenvalue weighted by atomic mass is 32.2. The third-order valence-corrected chi connectivity index (χ3v) is 7.34. The molecule has 0 saturated carbocycles. The van der Waals surface area contributed by atoms with E-state index in [4.69, 9.17) is 10.5 Å². The van der Waals surface area contributed by atoms with Crippen LogP contribution in [0.3, 0.4) is 0 Å². The summed E-state index contributed by atoms with van der Waals surface area (Å²) in [7, 11) is -3.29. The minimum absolute atomic E-state index is 0.0209. The van der Waals surface area contributed by atoms with E-state index < -0.39 is 9.84 Å². The van der Waals surface area contributed by atoms with Crippen LogP contribution in [0.2, 0.25) is 0 Å². The highest BCUT2D eigenvalue weighted by Gasteiger charge is 2.29. The first kappa shape index (κ1) is 26.3. The van der Waals surface area contributed by atoms with E-state index in [0.717, 1.165) is 44.1 Å². The van der Waals surface area contributed by atoms with Crippen molar-refractivity contribution in [3.05, 3.63) is 77.1 Å². The molecule has 1 aliphatic heterocycles. The summed E-state index contributed by atoms with van der Waals surface area (Å²) < 4.78 is 31.0. The monoisotopic (exact) mass is 498 g/mol. The molecular formula is C26H34N4O4S. The third-order valence-electron chi connectivity index (χ3n) is 6.21. The number of likely N-dealkylation sites (tertiary alicyclic amines) is 1. The number of nitrogens with two attached hydrogens (primary N) is 1. The predicted molar refractivity (Wildman–Crippen MR) is 140 cm³/mol. The Labute approximate surface area is 207 Å². The fraction of sp³-hybridized carbons (Fsp3) is 0.385. The average molecular weight is 499 g/mol. The van der Waals surface area contributed by atoms with Crippen molar-refractivity contribution in [1.29, 1.82) is 0 Å². The van der Waals surface area contributed by atoms with Crippen LogP contribution >= 0.6 is 0 Å². The lowest BCUT2D eigenvalue weighted by Crippen LogP contribution is -2.44. The second-order valence-electron chi connectivity index (χ2n) is 8.63. The number of pyridine rings is 1. The number of rotatable bonds is 9. The number of ether oxygens (including phenoxy) is 1. The molecule has 0 radical (unpaired) electrons. The van der Waals surface area contributed by atoms with E-state index in [0.29, 0.717) is 17.3 Å². The molecule has 2 heterocycles. The second-order valence-corrected chi connectivity index (χ2v) is 10.6. The van der Waals surface area contributed by atoms with Gasteiger partial charge in [0.15, 0.2) is 9.84 Å². The van der Waals surface area contributed by atoms with E-state index in [1.165, 1.54) is 22.8 Å². The van der Waals surface area contributed by atoms with Crippen molar-refractivity contribution in [3.8, 4) is 11.4 Å². The van der Waals surface area contributed by atoms with Gasteiger partial charge >= 0.3 is 0 Å². The van der Waals surface area contributed by atoms with Crippen LogP contribution in [0.1, 0.15) is 39.5 Å². The molecule has 1 aromatic carbocycles. The van der Waals surface area contributed by atoms with Gasteiger partial charge in [0.25, 0.3) is 5.56 Å². The lowest BCUT2D eigenvalue weighted by Gasteiger charge is -2.40. The molecule has 8 nitrogen and oxygen atoms in total. The molecule has 0 amide bonds. The topological polar surface area (TPSA) is 107 Å². The van der Waals surface area contributed by atoms with Gasteiger partial charge in [0.1, 0.15) is 17.7 Å². The van der Waals surface area contributed by atoms with Crippen LogP contribution in [0.4, 0.5) is 0 Å². The predicted octanol–water partition coefficient (Wildman–Crippen LogP) is 3.66. The van der Waals surface area contributed by atoms with E-state index in [-0.39, 0.29) is 22.6 Å². The molecule has 9 heteroatoms. The minimum Gasteiger partial charge on any atom is -0.490 e. The molecule has 0 unspecified atom stereocenters. The van der Waals surface area contributed by atoms with E-state index >= 15 is 0 Å². The van der Waals surface area contributed by atoms with Crippen LogP contribution < -0.4 is 16.0 Å². The Morgan fingerprint density at radius 1 is 1.26 bits per heavy atom. The summed E-state index contributed by atoms with van der Waals surface area (Å²) in [6.07, 6.45) is 9.42.